The first-order valence-corrected chi connectivity index (χ1v) is 18.9. The second-order valence-electron chi connectivity index (χ2n) is 14.1. The molecule has 0 radical (unpaired) electrons. The van der Waals surface area contributed by atoms with Gasteiger partial charge in [0.05, 0.1) is 12.2 Å². The van der Waals surface area contributed by atoms with Crippen LogP contribution in [0.5, 0.6) is 0 Å². The van der Waals surface area contributed by atoms with Gasteiger partial charge in [-0.15, -0.1) is 0 Å². The normalized spacial score (nSPS) is 21.5. The summed E-state index contributed by atoms with van der Waals surface area (Å²) in [6.45, 7) is 2.88. The number of fused-ring (bicyclic) bond motifs is 5. The summed E-state index contributed by atoms with van der Waals surface area (Å²) < 4.78 is 44.3. The molecule has 256 valence electrons. The van der Waals surface area contributed by atoms with Gasteiger partial charge in [0.25, 0.3) is 11.8 Å². The number of nitrogens with zero attached hydrogens (tertiary/aromatic N) is 4. The van der Waals surface area contributed by atoms with Gasteiger partial charge < -0.3 is 9.47 Å². The molecule has 1 aromatic heterocycles. The van der Waals surface area contributed by atoms with E-state index in [4.69, 9.17) is 0 Å². The Morgan fingerprint density at radius 2 is 1.65 bits per heavy atom. The van der Waals surface area contributed by atoms with Crippen LogP contribution in [0.3, 0.4) is 0 Å². The minimum atomic E-state index is -3.98. The van der Waals surface area contributed by atoms with Crippen LogP contribution in [-0.2, 0) is 21.5 Å². The largest absolute Gasteiger partial charge is 0.339 e. The van der Waals surface area contributed by atoms with Gasteiger partial charge in [-0.3, -0.25) is 14.5 Å². The fourth-order valence-electron chi connectivity index (χ4n) is 8.30. The predicted molar refractivity (Wildman–Crippen MR) is 187 cm³/mol. The summed E-state index contributed by atoms with van der Waals surface area (Å²) in [7, 11) is -1.22. The Morgan fingerprint density at radius 3 is 2.33 bits per heavy atom. The highest BCUT2D eigenvalue weighted by Crippen LogP contribution is 2.46. The maximum atomic E-state index is 14.3. The number of nitrogens with one attached hydrogen (secondary N) is 1. The zero-order valence-corrected chi connectivity index (χ0v) is 28.8. The average Bonchev–Trinajstić information content (AvgIpc) is 3.45. The molecule has 1 aliphatic carbocycles. The Bertz CT molecular complexity index is 1850. The molecule has 1 N–H and O–H groups in total. The van der Waals surface area contributed by atoms with Crippen molar-refractivity contribution in [2.75, 3.05) is 40.3 Å². The highest BCUT2D eigenvalue weighted by atomic mass is 32.2. The van der Waals surface area contributed by atoms with Crippen LogP contribution in [-0.4, -0.2) is 91.4 Å². The van der Waals surface area contributed by atoms with Crippen LogP contribution in [0.15, 0.2) is 48.0 Å². The zero-order chi connectivity index (χ0) is 33.6. The molecule has 9 nitrogen and oxygen atoms in total. The fraction of sp³-hybridized carbons (Fsp3) is 0.514. The van der Waals surface area contributed by atoms with Gasteiger partial charge in [0.15, 0.2) is 0 Å². The summed E-state index contributed by atoms with van der Waals surface area (Å²) >= 11 is 0. The van der Waals surface area contributed by atoms with E-state index in [1.807, 2.05) is 29.2 Å². The van der Waals surface area contributed by atoms with E-state index in [1.165, 1.54) is 32.5 Å². The van der Waals surface area contributed by atoms with Crippen LogP contribution in [0.4, 0.5) is 4.39 Å². The first-order valence-electron chi connectivity index (χ1n) is 17.5. The van der Waals surface area contributed by atoms with Crippen molar-refractivity contribution in [1.29, 1.82) is 0 Å². The van der Waals surface area contributed by atoms with Crippen LogP contribution >= 0.6 is 0 Å². The molecule has 1 saturated carbocycles. The first kappa shape index (κ1) is 33.0. The number of halogens is 1. The second-order valence-corrected chi connectivity index (χ2v) is 16.0. The predicted octanol–water partition coefficient (Wildman–Crippen LogP) is 5.71. The lowest BCUT2D eigenvalue weighted by atomic mass is 9.87. The molecule has 7 rings (SSSR count). The highest BCUT2D eigenvalue weighted by Gasteiger charge is 2.34. The van der Waals surface area contributed by atoms with Crippen LogP contribution < -0.4 is 4.72 Å². The van der Waals surface area contributed by atoms with Gasteiger partial charge in [0.2, 0.25) is 0 Å². The minimum absolute atomic E-state index is 0.00438. The van der Waals surface area contributed by atoms with Crippen molar-refractivity contribution in [3.05, 3.63) is 64.7 Å². The van der Waals surface area contributed by atoms with Crippen LogP contribution in [0.1, 0.15) is 85.2 Å². The molecule has 2 aromatic carbocycles. The smallest absolute Gasteiger partial charge is 0.303 e. The number of amides is 2. The van der Waals surface area contributed by atoms with Crippen molar-refractivity contribution in [2.45, 2.75) is 82.5 Å². The topological polar surface area (TPSA) is 95.0 Å². The van der Waals surface area contributed by atoms with Gasteiger partial charge in [-0.1, -0.05) is 56.0 Å². The number of likely N-dealkylation sites (tertiary alicyclic amines) is 2. The van der Waals surface area contributed by atoms with Crippen molar-refractivity contribution in [3.8, 4) is 11.3 Å². The lowest BCUT2D eigenvalue weighted by Gasteiger charge is -2.37. The first-order chi connectivity index (χ1) is 23.1. The van der Waals surface area contributed by atoms with Crippen LogP contribution in [0.25, 0.3) is 28.2 Å². The Balaban J connectivity index is 1.29. The van der Waals surface area contributed by atoms with Crippen molar-refractivity contribution >= 4 is 39.0 Å². The number of hydrogen-bond donors (Lipinski definition) is 1. The Kier molecular flexibility index (Phi) is 9.21. The number of carbonyl (C=O) groups is 2. The number of alkyl halides is 1. The molecule has 2 amide bonds. The third-order valence-corrected chi connectivity index (χ3v) is 12.3. The van der Waals surface area contributed by atoms with E-state index >= 15 is 0 Å². The molecule has 3 aromatic rings. The number of carbonyl (C=O) groups excluding carboxylic acids is 2. The maximum absolute atomic E-state index is 14.3. The number of aromatic nitrogens is 1. The molecule has 0 unspecified atom stereocenters. The van der Waals surface area contributed by atoms with E-state index < -0.39 is 22.3 Å². The fourth-order valence-corrected chi connectivity index (χ4v) is 8.84. The number of benzene rings is 2. The number of piperidine rings is 1. The number of hydrogen-bond acceptors (Lipinski definition) is 5. The molecule has 0 spiro atoms. The molecular formula is C37H46FN5O4S. The molecule has 0 bridgehead atoms. The van der Waals surface area contributed by atoms with Crippen LogP contribution in [0.2, 0.25) is 0 Å². The zero-order valence-electron chi connectivity index (χ0n) is 28.0. The van der Waals surface area contributed by atoms with Gasteiger partial charge in [0.1, 0.15) is 6.17 Å². The molecular weight excluding hydrogens is 630 g/mol. The molecule has 1 atom stereocenters. The monoisotopic (exact) mass is 675 g/mol. The molecule has 48 heavy (non-hydrogen) atoms. The van der Waals surface area contributed by atoms with Gasteiger partial charge >= 0.3 is 10.2 Å². The molecule has 3 fully saturated rings. The molecule has 3 aliphatic heterocycles. The summed E-state index contributed by atoms with van der Waals surface area (Å²) in [5, 5.41) is 1.05. The minimum Gasteiger partial charge on any atom is -0.339 e. The van der Waals surface area contributed by atoms with E-state index in [9.17, 15) is 22.4 Å². The van der Waals surface area contributed by atoms with E-state index in [-0.39, 0.29) is 11.5 Å². The standard InChI is InChI=1S/C37H46FN5O4S/c1-40(2)48(46,47)39-36(44)27-13-14-32-33(22-27)43-23-28(37(45)41-19-16-30(17-20-41)42-18-15-29(38)24-42)21-26-11-7-8-12-31(26)35(43)34(32)25-9-5-3-4-6-10-25/h7-8,11-14,21-22,25,29-30H,3-6,9-10,15-20,23-24H2,1-2H3,(H,39,44)/t29-/m0/s1. The van der Waals surface area contributed by atoms with Gasteiger partial charge in [0, 0.05) is 73.9 Å². The van der Waals surface area contributed by atoms with E-state index in [1.54, 1.807) is 12.1 Å². The SMILES string of the molecule is CN(C)S(=O)(=O)NC(=O)c1ccc2c(C3CCCCCC3)c3n(c2c1)CC(C(=O)N1CCC(N2CC[C@H](F)C2)CC1)=Cc1ccccc1-3. The average molecular weight is 676 g/mol. The lowest BCUT2D eigenvalue weighted by molar-refractivity contribution is -0.128. The Hall–Kier alpha value is -3.54. The van der Waals surface area contributed by atoms with Crippen molar-refractivity contribution < 1.29 is 22.4 Å². The maximum Gasteiger partial charge on any atom is 0.303 e. The quantitative estimate of drug-likeness (QED) is 0.338. The van der Waals surface area contributed by atoms with Crippen molar-refractivity contribution in [1.82, 2.24) is 23.4 Å². The van der Waals surface area contributed by atoms with Gasteiger partial charge in [-0.05, 0) is 67.4 Å². The Labute approximate surface area is 282 Å². The van der Waals surface area contributed by atoms with Crippen molar-refractivity contribution in [2.24, 2.45) is 0 Å². The molecule has 4 heterocycles. The van der Waals surface area contributed by atoms with Gasteiger partial charge in [-0.25, -0.2) is 9.11 Å². The summed E-state index contributed by atoms with van der Waals surface area (Å²) in [6.07, 6.45) is 10.4. The summed E-state index contributed by atoms with van der Waals surface area (Å²) in [6, 6.07) is 14.0. The number of rotatable bonds is 6. The van der Waals surface area contributed by atoms with Gasteiger partial charge in [-0.2, -0.15) is 12.7 Å². The molecule has 2 saturated heterocycles. The van der Waals surface area contributed by atoms with Crippen LogP contribution in [0, 0.1) is 0 Å². The second kappa shape index (κ2) is 13.4. The van der Waals surface area contributed by atoms with Crippen molar-refractivity contribution in [3.63, 3.8) is 0 Å². The van der Waals surface area contributed by atoms with E-state index in [0.717, 1.165) is 77.1 Å². The lowest BCUT2D eigenvalue weighted by Crippen LogP contribution is -2.46. The third-order valence-electron chi connectivity index (χ3n) is 10.9. The summed E-state index contributed by atoms with van der Waals surface area (Å²) in [4.78, 5) is 31.8. The Morgan fingerprint density at radius 1 is 0.917 bits per heavy atom. The molecule has 4 aliphatic rings. The van der Waals surface area contributed by atoms with E-state index in [0.29, 0.717) is 50.1 Å². The summed E-state index contributed by atoms with van der Waals surface area (Å²) in [5.41, 5.74) is 6.14. The molecule has 11 heteroatoms. The highest BCUT2D eigenvalue weighted by molar-refractivity contribution is 7.87. The summed E-state index contributed by atoms with van der Waals surface area (Å²) in [5.74, 6) is -0.360. The third kappa shape index (κ3) is 6.32. The van der Waals surface area contributed by atoms with E-state index in [2.05, 4.69) is 26.3 Å².